The Kier molecular flexibility index (Phi) is 5.90. The van der Waals surface area contributed by atoms with Gasteiger partial charge < -0.3 is 10.1 Å². The average Bonchev–Trinajstić information content (AvgIpc) is 2.97. The molecule has 2 aromatic rings. The average molecular weight is 340 g/mol. The van der Waals surface area contributed by atoms with E-state index in [4.69, 9.17) is 4.74 Å². The lowest BCUT2D eigenvalue weighted by Crippen LogP contribution is -2.45. The fourth-order valence-corrected chi connectivity index (χ4v) is 2.95. The number of benzene rings is 1. The lowest BCUT2D eigenvalue weighted by Gasteiger charge is -2.22. The number of amides is 1. The van der Waals surface area contributed by atoms with E-state index >= 15 is 0 Å². The Morgan fingerprint density at radius 1 is 1.45 bits per heavy atom. The molecule has 1 amide bonds. The predicted molar refractivity (Wildman–Crippen MR) is 90.8 cm³/mol. The zero-order chi connectivity index (χ0) is 14.7. The molecule has 0 aliphatic carbocycles. The van der Waals surface area contributed by atoms with Gasteiger partial charge in [0.15, 0.2) is 5.13 Å². The number of hydrogen-bond acceptors (Lipinski definition) is 5. The molecule has 22 heavy (non-hydrogen) atoms. The van der Waals surface area contributed by atoms with E-state index in [1.165, 1.54) is 16.9 Å². The second kappa shape index (κ2) is 7.69. The topological polar surface area (TPSA) is 63.2 Å². The van der Waals surface area contributed by atoms with E-state index < -0.39 is 6.10 Å². The van der Waals surface area contributed by atoms with Crippen LogP contribution < -0.4 is 10.6 Å². The molecule has 1 saturated heterocycles. The van der Waals surface area contributed by atoms with Crippen LogP contribution in [0.4, 0.5) is 5.13 Å². The molecule has 0 bridgehead atoms. The summed E-state index contributed by atoms with van der Waals surface area (Å²) in [5.74, 6) is -0.145. The van der Waals surface area contributed by atoms with E-state index in [9.17, 15) is 4.79 Å². The lowest BCUT2D eigenvalue weighted by molar-refractivity contribution is -0.128. The smallest absolute Gasteiger partial charge is 0.256 e. The van der Waals surface area contributed by atoms with Crippen molar-refractivity contribution in [3.8, 4) is 11.3 Å². The zero-order valence-corrected chi connectivity index (χ0v) is 13.8. The number of morpholine rings is 1. The van der Waals surface area contributed by atoms with Crippen molar-refractivity contribution in [2.75, 3.05) is 25.0 Å². The highest BCUT2D eigenvalue weighted by Crippen LogP contribution is 2.27. The van der Waals surface area contributed by atoms with Crippen LogP contribution in [0.25, 0.3) is 11.3 Å². The van der Waals surface area contributed by atoms with Crippen molar-refractivity contribution in [3.05, 3.63) is 35.2 Å². The van der Waals surface area contributed by atoms with Gasteiger partial charge in [0, 0.05) is 24.0 Å². The van der Waals surface area contributed by atoms with Crippen molar-refractivity contribution in [3.63, 3.8) is 0 Å². The molecular formula is C15H18ClN3O2S. The zero-order valence-electron chi connectivity index (χ0n) is 12.2. The van der Waals surface area contributed by atoms with Crippen LogP contribution in [-0.2, 0) is 9.53 Å². The first-order chi connectivity index (χ1) is 10.2. The van der Waals surface area contributed by atoms with Gasteiger partial charge in [0.05, 0.1) is 12.3 Å². The largest absolute Gasteiger partial charge is 0.366 e. The van der Waals surface area contributed by atoms with Crippen LogP contribution in [0.3, 0.4) is 0 Å². The van der Waals surface area contributed by atoms with Crippen LogP contribution in [0.15, 0.2) is 29.6 Å². The number of anilines is 1. The molecule has 2 N–H and O–H groups in total. The molecule has 118 valence electrons. The maximum Gasteiger partial charge on any atom is 0.256 e. The SMILES string of the molecule is Cc1ccccc1-c1csc(NC(=O)C2CNCCO2)n1.Cl. The number of rotatable bonds is 3. The van der Waals surface area contributed by atoms with Gasteiger partial charge in [-0.1, -0.05) is 24.3 Å². The molecule has 2 heterocycles. The number of halogens is 1. The third-order valence-electron chi connectivity index (χ3n) is 3.38. The minimum atomic E-state index is -0.440. The van der Waals surface area contributed by atoms with Crippen molar-refractivity contribution in [1.82, 2.24) is 10.3 Å². The summed E-state index contributed by atoms with van der Waals surface area (Å²) in [7, 11) is 0. The fourth-order valence-electron chi connectivity index (χ4n) is 2.23. The van der Waals surface area contributed by atoms with Gasteiger partial charge in [-0.2, -0.15) is 0 Å². The summed E-state index contributed by atoms with van der Waals surface area (Å²) in [6, 6.07) is 8.07. The molecule has 1 fully saturated rings. The van der Waals surface area contributed by atoms with Crippen LogP contribution in [0.1, 0.15) is 5.56 Å². The second-order valence-electron chi connectivity index (χ2n) is 4.91. The highest BCUT2D eigenvalue weighted by molar-refractivity contribution is 7.14. The number of thiazole rings is 1. The Balaban J connectivity index is 0.00000176. The number of aromatic nitrogens is 1. The molecule has 5 nitrogen and oxygen atoms in total. The van der Waals surface area contributed by atoms with Gasteiger partial charge in [-0.15, -0.1) is 23.7 Å². The van der Waals surface area contributed by atoms with Crippen molar-refractivity contribution >= 4 is 34.8 Å². The molecule has 0 spiro atoms. The maximum atomic E-state index is 12.1. The standard InChI is InChI=1S/C15H17N3O2S.ClH/c1-10-4-2-3-5-11(10)12-9-21-15(17-12)18-14(19)13-8-16-6-7-20-13;/h2-5,9,13,16H,6-8H2,1H3,(H,17,18,19);1H. The van der Waals surface area contributed by atoms with E-state index in [1.54, 1.807) is 0 Å². The molecule has 1 aromatic heterocycles. The van der Waals surface area contributed by atoms with Gasteiger partial charge in [-0.3, -0.25) is 10.1 Å². The lowest BCUT2D eigenvalue weighted by atomic mass is 10.1. The van der Waals surface area contributed by atoms with E-state index in [-0.39, 0.29) is 18.3 Å². The molecule has 7 heteroatoms. The van der Waals surface area contributed by atoms with Gasteiger partial charge in [0.25, 0.3) is 5.91 Å². The van der Waals surface area contributed by atoms with Crippen LogP contribution >= 0.6 is 23.7 Å². The van der Waals surface area contributed by atoms with Gasteiger partial charge >= 0.3 is 0 Å². The highest BCUT2D eigenvalue weighted by Gasteiger charge is 2.22. The van der Waals surface area contributed by atoms with E-state index in [0.29, 0.717) is 18.3 Å². The minimum Gasteiger partial charge on any atom is -0.366 e. The van der Waals surface area contributed by atoms with Crippen LogP contribution in [0, 0.1) is 6.92 Å². The van der Waals surface area contributed by atoms with E-state index in [0.717, 1.165) is 17.8 Å². The minimum absolute atomic E-state index is 0. The number of nitrogens with one attached hydrogen (secondary N) is 2. The summed E-state index contributed by atoms with van der Waals surface area (Å²) in [5.41, 5.74) is 3.14. The molecule has 1 aliphatic heterocycles. The van der Waals surface area contributed by atoms with Crippen molar-refractivity contribution < 1.29 is 9.53 Å². The van der Waals surface area contributed by atoms with Crippen LogP contribution in [-0.4, -0.2) is 36.7 Å². The number of nitrogens with zero attached hydrogens (tertiary/aromatic N) is 1. The van der Waals surface area contributed by atoms with Gasteiger partial charge in [0.2, 0.25) is 0 Å². The highest BCUT2D eigenvalue weighted by atomic mass is 35.5. The normalized spacial score (nSPS) is 17.6. The fraction of sp³-hybridized carbons (Fsp3) is 0.333. The summed E-state index contributed by atoms with van der Waals surface area (Å²) in [5, 5.41) is 8.52. The van der Waals surface area contributed by atoms with Crippen molar-refractivity contribution in [1.29, 1.82) is 0 Å². The number of aryl methyl sites for hydroxylation is 1. The maximum absolute atomic E-state index is 12.1. The Morgan fingerprint density at radius 3 is 3.00 bits per heavy atom. The summed E-state index contributed by atoms with van der Waals surface area (Å²) >= 11 is 1.43. The van der Waals surface area contributed by atoms with Crippen LogP contribution in [0.5, 0.6) is 0 Å². The van der Waals surface area contributed by atoms with Gasteiger partial charge in [-0.05, 0) is 12.5 Å². The van der Waals surface area contributed by atoms with E-state index in [2.05, 4.69) is 28.6 Å². The summed E-state index contributed by atoms with van der Waals surface area (Å²) in [4.78, 5) is 16.6. The first-order valence-corrected chi connectivity index (χ1v) is 7.77. The first-order valence-electron chi connectivity index (χ1n) is 6.89. The summed E-state index contributed by atoms with van der Waals surface area (Å²) in [6.07, 6.45) is -0.440. The van der Waals surface area contributed by atoms with Gasteiger partial charge in [0.1, 0.15) is 6.10 Å². The summed E-state index contributed by atoms with van der Waals surface area (Å²) in [6.45, 7) is 3.94. The third-order valence-corrected chi connectivity index (χ3v) is 4.13. The van der Waals surface area contributed by atoms with E-state index in [1.807, 2.05) is 23.6 Å². The molecule has 1 atom stereocenters. The van der Waals surface area contributed by atoms with Gasteiger partial charge in [-0.25, -0.2) is 4.98 Å². The molecule has 1 aromatic carbocycles. The molecular weight excluding hydrogens is 322 g/mol. The number of carbonyl (C=O) groups excluding carboxylic acids is 1. The molecule has 3 rings (SSSR count). The monoisotopic (exact) mass is 339 g/mol. The van der Waals surface area contributed by atoms with Crippen molar-refractivity contribution in [2.45, 2.75) is 13.0 Å². The second-order valence-corrected chi connectivity index (χ2v) is 5.76. The van der Waals surface area contributed by atoms with Crippen molar-refractivity contribution in [2.24, 2.45) is 0 Å². The first kappa shape index (κ1) is 16.9. The Labute approximate surface area is 139 Å². The molecule has 1 unspecified atom stereocenters. The number of hydrogen-bond donors (Lipinski definition) is 2. The third kappa shape index (κ3) is 3.84. The molecule has 0 saturated carbocycles. The summed E-state index contributed by atoms with van der Waals surface area (Å²) < 4.78 is 5.42. The number of carbonyl (C=O) groups is 1. The predicted octanol–water partition coefficient (Wildman–Crippen LogP) is 2.47. The Bertz CT molecular complexity index is 641. The molecule has 0 radical (unpaired) electrons. The Hall–Kier alpha value is -1.47. The quantitative estimate of drug-likeness (QED) is 0.901. The number of ether oxygens (including phenoxy) is 1. The molecule has 1 aliphatic rings. The van der Waals surface area contributed by atoms with Crippen LogP contribution in [0.2, 0.25) is 0 Å². The Morgan fingerprint density at radius 2 is 2.27 bits per heavy atom.